The van der Waals surface area contributed by atoms with E-state index >= 15 is 0 Å². The molecule has 0 aliphatic carbocycles. The number of pyridine rings is 1. The van der Waals surface area contributed by atoms with E-state index in [1.54, 1.807) is 18.9 Å². The van der Waals surface area contributed by atoms with Crippen molar-refractivity contribution < 1.29 is 9.22 Å². The molecule has 5 heteroatoms. The van der Waals surface area contributed by atoms with E-state index in [4.69, 9.17) is 4.74 Å². The average Bonchev–Trinajstić information content (AvgIpc) is 2.38. The molecule has 0 amide bonds. The van der Waals surface area contributed by atoms with Crippen LogP contribution in [0.4, 0.5) is 0 Å². The number of methoxy groups -OCH3 is 1. The van der Waals surface area contributed by atoms with Crippen LogP contribution in [0, 0.1) is 18.3 Å². The minimum Gasteiger partial charge on any atom is -0.380 e. The van der Waals surface area contributed by atoms with E-state index in [2.05, 4.69) is 31.7 Å². The number of quaternary nitrogens is 1. The monoisotopic (exact) mass is 306 g/mol. The number of aryl methyl sites for hydroxylation is 1. The molecule has 0 N–H and O–H groups in total. The second kappa shape index (κ2) is 8.18. The number of thioether (sulfide) groups is 1. The van der Waals surface area contributed by atoms with Gasteiger partial charge in [-0.2, -0.15) is 5.26 Å². The summed E-state index contributed by atoms with van der Waals surface area (Å²) in [6.07, 6.45) is 1.94. The summed E-state index contributed by atoms with van der Waals surface area (Å²) in [6.45, 7) is 8.11. The minimum atomic E-state index is 0.442. The third-order valence-corrected chi connectivity index (χ3v) is 4.12. The lowest BCUT2D eigenvalue weighted by atomic mass is 10.1. The molecule has 0 aromatic carbocycles. The van der Waals surface area contributed by atoms with Crippen LogP contribution >= 0.6 is 11.8 Å². The first kappa shape index (κ1) is 17.7. The maximum atomic E-state index is 9.38. The Morgan fingerprint density at radius 1 is 1.52 bits per heavy atom. The topological polar surface area (TPSA) is 45.9 Å². The van der Waals surface area contributed by atoms with Gasteiger partial charge in [0, 0.05) is 18.6 Å². The van der Waals surface area contributed by atoms with Gasteiger partial charge in [-0.15, -0.1) is 0 Å². The van der Waals surface area contributed by atoms with Gasteiger partial charge in [0.25, 0.3) is 0 Å². The summed E-state index contributed by atoms with van der Waals surface area (Å²) >= 11 is 1.64. The molecule has 21 heavy (non-hydrogen) atoms. The molecule has 4 nitrogen and oxygen atoms in total. The van der Waals surface area contributed by atoms with Gasteiger partial charge in [-0.3, -0.25) is 0 Å². The van der Waals surface area contributed by atoms with E-state index in [-0.39, 0.29) is 0 Å². The lowest BCUT2D eigenvalue weighted by Gasteiger charge is -2.28. The number of rotatable bonds is 8. The van der Waals surface area contributed by atoms with E-state index in [0.717, 1.165) is 39.6 Å². The molecular weight excluding hydrogens is 282 g/mol. The summed E-state index contributed by atoms with van der Waals surface area (Å²) in [7, 11) is 5.99. The summed E-state index contributed by atoms with van der Waals surface area (Å²) in [5.41, 5.74) is 2.47. The fourth-order valence-electron chi connectivity index (χ4n) is 2.03. The zero-order valence-corrected chi connectivity index (χ0v) is 14.2. The second-order valence-corrected chi connectivity index (χ2v) is 6.71. The Balaban J connectivity index is 2.83. The van der Waals surface area contributed by atoms with Crippen LogP contribution in [-0.2, 0) is 11.3 Å². The Kier molecular flexibility index (Phi) is 6.90. The van der Waals surface area contributed by atoms with E-state index in [1.165, 1.54) is 0 Å². The van der Waals surface area contributed by atoms with Gasteiger partial charge < -0.3 is 9.22 Å². The third kappa shape index (κ3) is 5.50. The van der Waals surface area contributed by atoms with Gasteiger partial charge in [0.05, 0.1) is 39.4 Å². The number of hydrogen-bond acceptors (Lipinski definition) is 4. The minimum absolute atomic E-state index is 0.442. The van der Waals surface area contributed by atoms with Crippen LogP contribution in [0.2, 0.25) is 0 Å². The van der Waals surface area contributed by atoms with Crippen molar-refractivity contribution in [3.63, 3.8) is 0 Å². The number of likely N-dealkylation sites (N-methyl/N-ethyl adjacent to an activating group) is 1. The van der Waals surface area contributed by atoms with Gasteiger partial charge in [0.15, 0.2) is 0 Å². The highest BCUT2D eigenvalue weighted by Gasteiger charge is 2.15. The Hall–Kier alpha value is -1.35. The lowest BCUT2D eigenvalue weighted by molar-refractivity contribution is -0.881. The molecule has 0 radical (unpaired) electrons. The quantitative estimate of drug-likeness (QED) is 0.421. The molecule has 0 atom stereocenters. The molecule has 1 aromatic rings. The lowest BCUT2D eigenvalue weighted by Crippen LogP contribution is -2.41. The van der Waals surface area contributed by atoms with Gasteiger partial charge in [0.2, 0.25) is 0 Å². The summed E-state index contributed by atoms with van der Waals surface area (Å²) in [5.74, 6) is 0.915. The molecule has 0 aliphatic heterocycles. The molecular formula is C16H24N3OS+. The summed E-state index contributed by atoms with van der Waals surface area (Å²) < 4.78 is 6.05. The van der Waals surface area contributed by atoms with Crippen LogP contribution in [0.1, 0.15) is 16.8 Å². The Morgan fingerprint density at radius 3 is 2.81 bits per heavy atom. The first-order valence-corrected chi connectivity index (χ1v) is 7.87. The van der Waals surface area contributed by atoms with Gasteiger partial charge in [-0.25, -0.2) is 4.98 Å². The molecule has 0 unspecified atom stereocenters. The predicted octanol–water partition coefficient (Wildman–Crippen LogP) is 2.76. The first-order valence-electron chi connectivity index (χ1n) is 6.88. The van der Waals surface area contributed by atoms with Crippen LogP contribution < -0.4 is 0 Å². The molecule has 0 spiro atoms. The van der Waals surface area contributed by atoms with Gasteiger partial charge >= 0.3 is 0 Å². The van der Waals surface area contributed by atoms with Crippen molar-refractivity contribution in [3.8, 4) is 6.07 Å². The van der Waals surface area contributed by atoms with Crippen molar-refractivity contribution in [2.45, 2.75) is 18.6 Å². The van der Waals surface area contributed by atoms with Crippen molar-refractivity contribution in [1.82, 2.24) is 4.98 Å². The second-order valence-electron chi connectivity index (χ2n) is 5.63. The SMILES string of the molecule is C=CC[N+](C)(C)CCSc1nc(C)cc(COC)c1C#N. The fraction of sp³-hybridized carbons (Fsp3) is 0.500. The summed E-state index contributed by atoms with van der Waals surface area (Å²) in [4.78, 5) is 4.51. The molecule has 1 heterocycles. The maximum absolute atomic E-state index is 9.38. The molecule has 0 aliphatic rings. The largest absolute Gasteiger partial charge is 0.380 e. The number of nitriles is 1. The normalized spacial score (nSPS) is 11.2. The summed E-state index contributed by atoms with van der Waals surface area (Å²) in [5, 5.41) is 10.2. The van der Waals surface area contributed by atoms with Gasteiger partial charge in [-0.05, 0) is 24.6 Å². The Labute approximate surface area is 132 Å². The smallest absolute Gasteiger partial charge is 0.115 e. The number of hydrogen-bond donors (Lipinski definition) is 0. The highest BCUT2D eigenvalue weighted by atomic mass is 32.2. The number of ether oxygens (including phenoxy) is 1. The van der Waals surface area contributed by atoms with Crippen molar-refractivity contribution in [2.24, 2.45) is 0 Å². The third-order valence-electron chi connectivity index (χ3n) is 3.17. The Bertz CT molecular complexity index is 535. The Morgan fingerprint density at radius 2 is 2.24 bits per heavy atom. The van der Waals surface area contributed by atoms with Crippen LogP contribution in [-0.4, -0.2) is 49.5 Å². The maximum Gasteiger partial charge on any atom is 0.115 e. The standard InChI is InChI=1S/C16H24N3OS/c1-6-7-19(3,4)8-9-21-16-15(11-17)14(12-20-5)10-13(2)18-16/h6,10H,1,7-9,12H2,2-5H3/q+1. The van der Waals surface area contributed by atoms with Crippen LogP contribution in [0.5, 0.6) is 0 Å². The van der Waals surface area contributed by atoms with Gasteiger partial charge in [0.1, 0.15) is 11.1 Å². The van der Waals surface area contributed by atoms with Crippen LogP contribution in [0.3, 0.4) is 0 Å². The zero-order valence-electron chi connectivity index (χ0n) is 13.3. The molecule has 0 saturated heterocycles. The van der Waals surface area contributed by atoms with Crippen molar-refractivity contribution >= 4 is 11.8 Å². The summed E-state index contributed by atoms with van der Waals surface area (Å²) in [6, 6.07) is 4.18. The number of nitrogens with zero attached hydrogens (tertiary/aromatic N) is 3. The predicted molar refractivity (Wildman–Crippen MR) is 87.2 cm³/mol. The van der Waals surface area contributed by atoms with Crippen molar-refractivity contribution in [1.29, 1.82) is 5.26 Å². The van der Waals surface area contributed by atoms with Crippen LogP contribution in [0.25, 0.3) is 0 Å². The van der Waals surface area contributed by atoms with E-state index < -0.39 is 0 Å². The highest BCUT2D eigenvalue weighted by molar-refractivity contribution is 7.99. The molecule has 0 bridgehead atoms. The van der Waals surface area contributed by atoms with Crippen molar-refractivity contribution in [3.05, 3.63) is 35.5 Å². The number of aromatic nitrogens is 1. The molecule has 0 saturated carbocycles. The fourth-order valence-corrected chi connectivity index (χ4v) is 3.34. The first-order chi connectivity index (χ1) is 9.93. The highest BCUT2D eigenvalue weighted by Crippen LogP contribution is 2.24. The van der Waals surface area contributed by atoms with E-state index in [9.17, 15) is 5.26 Å². The molecule has 114 valence electrons. The van der Waals surface area contributed by atoms with E-state index in [0.29, 0.717) is 12.2 Å². The average molecular weight is 306 g/mol. The molecule has 1 aromatic heterocycles. The van der Waals surface area contributed by atoms with Crippen molar-refractivity contribution in [2.75, 3.05) is 40.0 Å². The molecule has 1 rings (SSSR count). The molecule has 0 fully saturated rings. The van der Waals surface area contributed by atoms with Crippen LogP contribution in [0.15, 0.2) is 23.7 Å². The zero-order chi connectivity index (χ0) is 15.9. The van der Waals surface area contributed by atoms with E-state index in [1.807, 2.05) is 19.1 Å². The van der Waals surface area contributed by atoms with Gasteiger partial charge in [-0.1, -0.05) is 18.3 Å².